The first-order valence-electron chi connectivity index (χ1n) is 5.23. The van der Waals surface area contributed by atoms with Crippen molar-refractivity contribution in [2.24, 2.45) is 0 Å². The van der Waals surface area contributed by atoms with Crippen molar-refractivity contribution >= 4 is 17.6 Å². The summed E-state index contributed by atoms with van der Waals surface area (Å²) in [6, 6.07) is 3.99. The van der Waals surface area contributed by atoms with Crippen molar-refractivity contribution in [3.8, 4) is 0 Å². The molecule has 5 heteroatoms. The highest BCUT2D eigenvalue weighted by molar-refractivity contribution is 5.83. The molecule has 2 N–H and O–H groups in total. The van der Waals surface area contributed by atoms with Crippen LogP contribution in [0.5, 0.6) is 0 Å². The van der Waals surface area contributed by atoms with Crippen LogP contribution in [0.2, 0.25) is 0 Å². The van der Waals surface area contributed by atoms with Gasteiger partial charge in [0, 0.05) is 6.04 Å². The van der Waals surface area contributed by atoms with E-state index in [1.807, 2.05) is 6.07 Å². The largest absolute Gasteiger partial charge is 0.453 e. The van der Waals surface area contributed by atoms with E-state index in [4.69, 9.17) is 0 Å². The maximum atomic E-state index is 10.9. The van der Waals surface area contributed by atoms with E-state index in [0.29, 0.717) is 11.9 Å². The monoisotopic (exact) mass is 223 g/mol. The van der Waals surface area contributed by atoms with Crippen molar-refractivity contribution < 1.29 is 9.53 Å². The molecule has 1 unspecified atom stereocenters. The summed E-state index contributed by atoms with van der Waals surface area (Å²) in [5.41, 5.74) is 0.935. The van der Waals surface area contributed by atoms with Crippen molar-refractivity contribution in [2.45, 2.75) is 26.3 Å². The lowest BCUT2D eigenvalue weighted by Crippen LogP contribution is -2.14. The lowest BCUT2D eigenvalue weighted by molar-refractivity contribution is 0.187. The minimum Gasteiger partial charge on any atom is -0.453 e. The number of hydrogen-bond donors (Lipinski definition) is 2. The van der Waals surface area contributed by atoms with Gasteiger partial charge in [0.15, 0.2) is 0 Å². The van der Waals surface area contributed by atoms with Gasteiger partial charge in [-0.05, 0) is 25.5 Å². The number of rotatable bonds is 4. The number of pyridine rings is 1. The van der Waals surface area contributed by atoms with Gasteiger partial charge >= 0.3 is 6.09 Å². The van der Waals surface area contributed by atoms with Crippen LogP contribution in [0.25, 0.3) is 0 Å². The number of methoxy groups -OCH3 is 1. The molecule has 1 heterocycles. The molecule has 0 radical (unpaired) electrons. The zero-order chi connectivity index (χ0) is 12.0. The predicted octanol–water partition coefficient (Wildman–Crippen LogP) is 2.47. The molecular weight excluding hydrogens is 206 g/mol. The Morgan fingerprint density at radius 3 is 2.81 bits per heavy atom. The predicted molar refractivity (Wildman–Crippen MR) is 63.6 cm³/mol. The van der Waals surface area contributed by atoms with Gasteiger partial charge < -0.3 is 10.1 Å². The zero-order valence-electron chi connectivity index (χ0n) is 9.78. The molecule has 1 amide bonds. The Morgan fingerprint density at radius 1 is 1.56 bits per heavy atom. The number of nitrogens with one attached hydrogen (secondary N) is 2. The molecular formula is C11H17N3O2. The highest BCUT2D eigenvalue weighted by Gasteiger charge is 2.02. The first-order chi connectivity index (χ1) is 7.65. The van der Waals surface area contributed by atoms with Crippen molar-refractivity contribution in [3.05, 3.63) is 18.3 Å². The molecule has 0 aliphatic carbocycles. The van der Waals surface area contributed by atoms with Gasteiger partial charge in [-0.1, -0.05) is 6.92 Å². The summed E-state index contributed by atoms with van der Waals surface area (Å²) in [4.78, 5) is 15.0. The van der Waals surface area contributed by atoms with Crippen LogP contribution in [0.1, 0.15) is 20.3 Å². The molecule has 0 bridgehead atoms. The molecule has 1 rings (SSSR count). The lowest BCUT2D eigenvalue weighted by atomic mass is 10.2. The summed E-state index contributed by atoms with van der Waals surface area (Å²) in [7, 11) is 1.31. The molecule has 16 heavy (non-hydrogen) atoms. The van der Waals surface area contributed by atoms with Crippen molar-refractivity contribution in [1.29, 1.82) is 0 Å². The number of carbonyl (C=O) groups is 1. The molecule has 0 aliphatic rings. The number of aromatic nitrogens is 1. The van der Waals surface area contributed by atoms with Gasteiger partial charge in [-0.25, -0.2) is 9.78 Å². The molecule has 0 fully saturated rings. The van der Waals surface area contributed by atoms with Crippen LogP contribution in [0, 0.1) is 0 Å². The zero-order valence-corrected chi connectivity index (χ0v) is 9.78. The SMILES string of the molecule is CCC(C)Nc1ccc(NC(=O)OC)nc1. The van der Waals surface area contributed by atoms with E-state index in [9.17, 15) is 4.79 Å². The van der Waals surface area contributed by atoms with E-state index in [1.165, 1.54) is 7.11 Å². The van der Waals surface area contributed by atoms with Crippen molar-refractivity contribution in [2.75, 3.05) is 17.7 Å². The van der Waals surface area contributed by atoms with Crippen LogP contribution in [0.3, 0.4) is 0 Å². The van der Waals surface area contributed by atoms with Gasteiger partial charge in [0.05, 0.1) is 19.0 Å². The van der Waals surface area contributed by atoms with Crippen LogP contribution in [-0.4, -0.2) is 24.2 Å². The Balaban J connectivity index is 2.57. The molecule has 1 aromatic heterocycles. The highest BCUT2D eigenvalue weighted by atomic mass is 16.5. The molecule has 0 aliphatic heterocycles. The van der Waals surface area contributed by atoms with Crippen molar-refractivity contribution in [3.63, 3.8) is 0 Å². The quantitative estimate of drug-likeness (QED) is 0.823. The summed E-state index contributed by atoms with van der Waals surface area (Å²) in [5.74, 6) is 0.474. The van der Waals surface area contributed by atoms with Gasteiger partial charge in [-0.15, -0.1) is 0 Å². The van der Waals surface area contributed by atoms with Crippen LogP contribution in [-0.2, 0) is 4.74 Å². The Labute approximate surface area is 95.2 Å². The topological polar surface area (TPSA) is 63.2 Å². The lowest BCUT2D eigenvalue weighted by Gasteiger charge is -2.12. The van der Waals surface area contributed by atoms with Gasteiger partial charge in [0.1, 0.15) is 5.82 Å². The van der Waals surface area contributed by atoms with E-state index in [2.05, 4.69) is 34.2 Å². The fraction of sp³-hybridized carbons (Fsp3) is 0.455. The van der Waals surface area contributed by atoms with Gasteiger partial charge in [-0.3, -0.25) is 5.32 Å². The smallest absolute Gasteiger partial charge is 0.412 e. The average molecular weight is 223 g/mol. The first kappa shape index (κ1) is 12.3. The van der Waals surface area contributed by atoms with Crippen LogP contribution < -0.4 is 10.6 Å². The molecule has 0 saturated heterocycles. The second-order valence-electron chi connectivity index (χ2n) is 3.50. The number of anilines is 2. The summed E-state index contributed by atoms with van der Waals surface area (Å²) >= 11 is 0. The van der Waals surface area contributed by atoms with Crippen LogP contribution in [0.4, 0.5) is 16.3 Å². The molecule has 1 aromatic rings. The number of carbonyl (C=O) groups excluding carboxylic acids is 1. The Morgan fingerprint density at radius 2 is 2.31 bits per heavy atom. The molecule has 0 spiro atoms. The number of ether oxygens (including phenoxy) is 1. The van der Waals surface area contributed by atoms with E-state index in [-0.39, 0.29) is 0 Å². The normalized spacial score (nSPS) is 11.7. The fourth-order valence-electron chi connectivity index (χ4n) is 1.10. The van der Waals surface area contributed by atoms with Crippen LogP contribution >= 0.6 is 0 Å². The number of amides is 1. The molecule has 5 nitrogen and oxygen atoms in total. The Kier molecular flexibility index (Phi) is 4.57. The van der Waals surface area contributed by atoms with E-state index in [0.717, 1.165) is 12.1 Å². The van der Waals surface area contributed by atoms with Crippen molar-refractivity contribution in [1.82, 2.24) is 4.98 Å². The minimum atomic E-state index is -0.518. The minimum absolute atomic E-state index is 0.404. The number of hydrogen-bond acceptors (Lipinski definition) is 4. The molecule has 88 valence electrons. The first-order valence-corrected chi connectivity index (χ1v) is 5.23. The molecule has 1 atom stereocenters. The third-order valence-corrected chi connectivity index (χ3v) is 2.20. The fourth-order valence-corrected chi connectivity index (χ4v) is 1.10. The average Bonchev–Trinajstić information content (AvgIpc) is 2.31. The third kappa shape index (κ3) is 3.76. The maximum absolute atomic E-state index is 10.9. The van der Waals surface area contributed by atoms with Crippen LogP contribution in [0.15, 0.2) is 18.3 Å². The summed E-state index contributed by atoms with van der Waals surface area (Å²) in [6.45, 7) is 4.21. The van der Waals surface area contributed by atoms with E-state index >= 15 is 0 Å². The standard InChI is InChI=1S/C11H17N3O2/c1-4-8(2)13-9-5-6-10(12-7-9)14-11(15)16-3/h5-8,13H,4H2,1-3H3,(H,12,14,15). The Hall–Kier alpha value is -1.78. The second kappa shape index (κ2) is 5.95. The summed E-state index contributed by atoms with van der Waals surface area (Å²) in [6.07, 6.45) is 2.20. The number of nitrogens with zero attached hydrogens (tertiary/aromatic N) is 1. The third-order valence-electron chi connectivity index (χ3n) is 2.20. The van der Waals surface area contributed by atoms with Gasteiger partial charge in [0.25, 0.3) is 0 Å². The molecule has 0 saturated carbocycles. The molecule has 0 aromatic carbocycles. The highest BCUT2D eigenvalue weighted by Crippen LogP contribution is 2.11. The van der Waals surface area contributed by atoms with E-state index in [1.54, 1.807) is 12.3 Å². The Bertz CT molecular complexity index is 338. The van der Waals surface area contributed by atoms with Gasteiger partial charge in [-0.2, -0.15) is 0 Å². The second-order valence-corrected chi connectivity index (χ2v) is 3.50. The summed E-state index contributed by atoms with van der Waals surface area (Å²) < 4.78 is 4.46. The van der Waals surface area contributed by atoms with Gasteiger partial charge in [0.2, 0.25) is 0 Å². The maximum Gasteiger partial charge on any atom is 0.412 e. The summed E-state index contributed by atoms with van der Waals surface area (Å²) in [5, 5.41) is 5.77. The van der Waals surface area contributed by atoms with E-state index < -0.39 is 6.09 Å².